The largest absolute Gasteiger partial charge is 0.423 e. The van der Waals surface area contributed by atoms with Gasteiger partial charge >= 0.3 is 5.97 Å². The second kappa shape index (κ2) is 17.1. The summed E-state index contributed by atoms with van der Waals surface area (Å²) in [6, 6.07) is 4.03. The maximum Gasteiger partial charge on any atom is 0.336 e. The lowest BCUT2D eigenvalue weighted by Gasteiger charge is -2.10. The molecule has 0 saturated carbocycles. The highest BCUT2D eigenvalue weighted by molar-refractivity contribution is 5.84. The molecule has 0 fully saturated rings. The van der Waals surface area contributed by atoms with Crippen molar-refractivity contribution in [1.29, 1.82) is 0 Å². The zero-order valence-corrected chi connectivity index (χ0v) is 19.9. The van der Waals surface area contributed by atoms with Gasteiger partial charge in [-0.25, -0.2) is 4.79 Å². The first-order valence-corrected chi connectivity index (χ1v) is 11.7. The second-order valence-electron chi connectivity index (χ2n) is 8.00. The van der Waals surface area contributed by atoms with Crippen LogP contribution in [0.4, 0.5) is 0 Å². The molecule has 0 amide bonds. The fourth-order valence-corrected chi connectivity index (χ4v) is 3.38. The number of unbranched alkanes of at least 4 members (excludes halogenated alkanes) is 7. The standard InChI is InChI=1S/C29H40O2/c1-5-6-7-8-9-10-11-12-13-14-15-16-17-18-19-20-21-22-28(30)31-29-26(3)23-25(2)24-27(29)4/h13-24H,5-12H2,1-4H3/b14-13-,16-15-,18-17+,20-19-,22-21+. The van der Waals surface area contributed by atoms with Gasteiger partial charge in [0.05, 0.1) is 0 Å². The number of rotatable bonds is 14. The molecule has 2 nitrogen and oxygen atoms in total. The normalized spacial score (nSPS) is 12.4. The van der Waals surface area contributed by atoms with E-state index in [1.165, 1.54) is 51.0 Å². The third-order valence-electron chi connectivity index (χ3n) is 4.93. The lowest BCUT2D eigenvalue weighted by atomic mass is 10.1. The zero-order valence-electron chi connectivity index (χ0n) is 19.9. The number of ether oxygens (including phenoxy) is 1. The van der Waals surface area contributed by atoms with Crippen molar-refractivity contribution >= 4 is 5.97 Å². The topological polar surface area (TPSA) is 26.3 Å². The minimum Gasteiger partial charge on any atom is -0.423 e. The molecular formula is C29H40O2. The fourth-order valence-electron chi connectivity index (χ4n) is 3.38. The van der Waals surface area contributed by atoms with Gasteiger partial charge < -0.3 is 4.74 Å². The van der Waals surface area contributed by atoms with Crippen molar-refractivity contribution in [1.82, 2.24) is 0 Å². The van der Waals surface area contributed by atoms with Gasteiger partial charge in [0.25, 0.3) is 0 Å². The summed E-state index contributed by atoms with van der Waals surface area (Å²) >= 11 is 0. The molecule has 0 aliphatic carbocycles. The molecule has 1 aromatic rings. The second-order valence-corrected chi connectivity index (χ2v) is 8.00. The first-order valence-electron chi connectivity index (χ1n) is 11.7. The molecule has 0 spiro atoms. The van der Waals surface area contributed by atoms with Gasteiger partial charge in [-0.1, -0.05) is 118 Å². The van der Waals surface area contributed by atoms with E-state index in [2.05, 4.69) is 19.1 Å². The number of carbonyl (C=O) groups excluding carboxylic acids is 1. The first kappa shape index (κ1) is 26.4. The quantitative estimate of drug-likeness (QED) is 0.0992. The van der Waals surface area contributed by atoms with Crippen LogP contribution in [0.3, 0.4) is 0 Å². The van der Waals surface area contributed by atoms with Crippen molar-refractivity contribution in [2.24, 2.45) is 0 Å². The minimum atomic E-state index is -0.366. The van der Waals surface area contributed by atoms with Gasteiger partial charge in [-0.05, 0) is 44.7 Å². The van der Waals surface area contributed by atoms with E-state index in [0.717, 1.165) is 23.1 Å². The molecule has 0 N–H and O–H groups in total. The van der Waals surface area contributed by atoms with Crippen LogP contribution in [-0.2, 0) is 4.79 Å². The molecule has 1 aromatic carbocycles. The number of hydrogen-bond donors (Lipinski definition) is 0. The monoisotopic (exact) mass is 420 g/mol. The highest BCUT2D eigenvalue weighted by Crippen LogP contribution is 2.24. The summed E-state index contributed by atoms with van der Waals surface area (Å²) < 4.78 is 5.46. The molecule has 0 aliphatic heterocycles. The van der Waals surface area contributed by atoms with Crippen LogP contribution in [0.1, 0.15) is 75.0 Å². The van der Waals surface area contributed by atoms with E-state index < -0.39 is 0 Å². The summed E-state index contributed by atoms with van der Waals surface area (Å²) in [5.41, 5.74) is 3.11. The molecule has 0 aliphatic rings. The molecule has 0 radical (unpaired) electrons. The summed E-state index contributed by atoms with van der Waals surface area (Å²) in [5, 5.41) is 0. The summed E-state index contributed by atoms with van der Waals surface area (Å²) in [5.74, 6) is 0.281. The summed E-state index contributed by atoms with van der Waals surface area (Å²) in [7, 11) is 0. The van der Waals surface area contributed by atoms with Gasteiger partial charge in [0.15, 0.2) is 0 Å². The van der Waals surface area contributed by atoms with E-state index in [9.17, 15) is 4.79 Å². The number of aryl methyl sites for hydroxylation is 3. The van der Waals surface area contributed by atoms with Crippen molar-refractivity contribution in [2.75, 3.05) is 0 Å². The highest BCUT2D eigenvalue weighted by atomic mass is 16.5. The highest BCUT2D eigenvalue weighted by Gasteiger charge is 2.08. The van der Waals surface area contributed by atoms with Crippen LogP contribution >= 0.6 is 0 Å². The maximum atomic E-state index is 12.0. The van der Waals surface area contributed by atoms with Crippen LogP contribution in [-0.4, -0.2) is 5.97 Å². The van der Waals surface area contributed by atoms with Gasteiger partial charge in [-0.15, -0.1) is 0 Å². The van der Waals surface area contributed by atoms with Crippen LogP contribution < -0.4 is 4.74 Å². The number of allylic oxidation sites excluding steroid dienone is 9. The predicted molar refractivity (Wildman–Crippen MR) is 135 cm³/mol. The van der Waals surface area contributed by atoms with E-state index in [1.807, 2.05) is 69.4 Å². The van der Waals surface area contributed by atoms with Crippen LogP contribution in [0.5, 0.6) is 5.75 Å². The Kier molecular flexibility index (Phi) is 14.6. The van der Waals surface area contributed by atoms with Gasteiger partial charge in [0.1, 0.15) is 5.75 Å². The Bertz CT molecular complexity index is 768. The molecule has 0 heterocycles. The molecule has 0 saturated heterocycles. The van der Waals surface area contributed by atoms with Gasteiger partial charge in [0, 0.05) is 6.08 Å². The van der Waals surface area contributed by atoms with Gasteiger partial charge in [0.2, 0.25) is 0 Å². The summed E-state index contributed by atoms with van der Waals surface area (Å²) in [4.78, 5) is 12.0. The van der Waals surface area contributed by atoms with Crippen molar-refractivity contribution in [3.8, 4) is 5.75 Å². The van der Waals surface area contributed by atoms with Gasteiger partial charge in [-0.2, -0.15) is 0 Å². The number of esters is 1. The molecule has 0 aromatic heterocycles. The smallest absolute Gasteiger partial charge is 0.336 e. The van der Waals surface area contributed by atoms with Crippen LogP contribution in [0.25, 0.3) is 0 Å². The fraction of sp³-hybridized carbons (Fsp3) is 0.414. The van der Waals surface area contributed by atoms with Gasteiger partial charge in [-0.3, -0.25) is 0 Å². The first-order chi connectivity index (χ1) is 15.0. The number of carbonyl (C=O) groups is 1. The zero-order chi connectivity index (χ0) is 22.7. The predicted octanol–water partition coefficient (Wildman–Crippen LogP) is 8.44. The Morgan fingerprint density at radius 1 is 0.742 bits per heavy atom. The van der Waals surface area contributed by atoms with Crippen molar-refractivity contribution < 1.29 is 9.53 Å². The van der Waals surface area contributed by atoms with E-state index in [0.29, 0.717) is 5.75 Å². The van der Waals surface area contributed by atoms with Crippen molar-refractivity contribution in [3.05, 3.63) is 89.6 Å². The molecule has 168 valence electrons. The van der Waals surface area contributed by atoms with Crippen molar-refractivity contribution in [3.63, 3.8) is 0 Å². The molecular weight excluding hydrogens is 380 g/mol. The average molecular weight is 421 g/mol. The van der Waals surface area contributed by atoms with E-state index in [4.69, 9.17) is 4.74 Å². The van der Waals surface area contributed by atoms with Crippen LogP contribution in [0, 0.1) is 20.8 Å². The number of benzene rings is 1. The van der Waals surface area contributed by atoms with E-state index >= 15 is 0 Å². The molecule has 31 heavy (non-hydrogen) atoms. The summed E-state index contributed by atoms with van der Waals surface area (Å²) in [6.45, 7) is 8.20. The summed E-state index contributed by atoms with van der Waals surface area (Å²) in [6.07, 6.45) is 29.8. The molecule has 0 bridgehead atoms. The lowest BCUT2D eigenvalue weighted by molar-refractivity contribution is -0.129. The Labute approximate surface area is 190 Å². The molecule has 0 atom stereocenters. The molecule has 0 unspecified atom stereocenters. The Hall–Kier alpha value is -2.61. The Morgan fingerprint density at radius 3 is 1.87 bits per heavy atom. The number of hydrogen-bond acceptors (Lipinski definition) is 2. The molecule has 1 rings (SSSR count). The Balaban J connectivity index is 2.20. The SMILES string of the molecule is CCCCCCCCC\C=C/C=C\C=C\C=C/C=C/C(=O)Oc1c(C)cc(C)cc1C. The molecule has 2 heteroatoms. The van der Waals surface area contributed by atoms with E-state index in [-0.39, 0.29) is 5.97 Å². The minimum absolute atomic E-state index is 0.366. The van der Waals surface area contributed by atoms with Crippen LogP contribution in [0.15, 0.2) is 72.9 Å². The van der Waals surface area contributed by atoms with E-state index in [1.54, 1.807) is 6.08 Å². The Morgan fingerprint density at radius 2 is 1.26 bits per heavy atom. The third kappa shape index (κ3) is 13.3. The average Bonchev–Trinajstić information content (AvgIpc) is 2.73. The maximum absolute atomic E-state index is 12.0. The lowest BCUT2D eigenvalue weighted by Crippen LogP contribution is -2.06. The van der Waals surface area contributed by atoms with Crippen LogP contribution in [0.2, 0.25) is 0 Å². The van der Waals surface area contributed by atoms with Crippen molar-refractivity contribution in [2.45, 2.75) is 79.1 Å². The third-order valence-corrected chi connectivity index (χ3v) is 4.93.